The Bertz CT molecular complexity index is 1240. The fourth-order valence-corrected chi connectivity index (χ4v) is 5.09. The summed E-state index contributed by atoms with van der Waals surface area (Å²) in [5, 5.41) is 11.8. The minimum Gasteiger partial charge on any atom is -0.480 e. The molecule has 3 aromatic rings. The van der Waals surface area contributed by atoms with Gasteiger partial charge < -0.3 is 20.1 Å². The maximum Gasteiger partial charge on any atom is 0.472 e. The molecule has 0 radical (unpaired) electrons. The van der Waals surface area contributed by atoms with E-state index in [0.29, 0.717) is 5.56 Å². The zero-order valence-corrected chi connectivity index (χ0v) is 20.3. The van der Waals surface area contributed by atoms with Gasteiger partial charge in [-0.15, -0.1) is 0 Å². The summed E-state index contributed by atoms with van der Waals surface area (Å²) in [6, 6.07) is 22.6. The van der Waals surface area contributed by atoms with E-state index in [1.54, 1.807) is 30.3 Å². The Morgan fingerprint density at radius 3 is 2.08 bits per heavy atom. The summed E-state index contributed by atoms with van der Waals surface area (Å²) >= 11 is 0. The van der Waals surface area contributed by atoms with Crippen LogP contribution >= 0.6 is 7.82 Å². The molecule has 0 bridgehead atoms. The van der Waals surface area contributed by atoms with Crippen LogP contribution in [0.25, 0.3) is 11.1 Å². The number of rotatable bonds is 10. The monoisotopic (exact) mass is 511 g/mol. The van der Waals surface area contributed by atoms with Crippen LogP contribution in [-0.2, 0) is 29.8 Å². The maximum absolute atomic E-state index is 12.5. The summed E-state index contributed by atoms with van der Waals surface area (Å²) in [6.45, 7) is 1.02. The maximum atomic E-state index is 12.5. The van der Waals surface area contributed by atoms with Gasteiger partial charge in [0.25, 0.3) is 0 Å². The zero-order chi connectivity index (χ0) is 25.7. The number of carbonyl (C=O) groups is 2. The van der Waals surface area contributed by atoms with E-state index in [1.165, 1.54) is 6.92 Å². The largest absolute Gasteiger partial charge is 0.480 e. The van der Waals surface area contributed by atoms with Gasteiger partial charge in [0.2, 0.25) is 0 Å². The van der Waals surface area contributed by atoms with Crippen molar-refractivity contribution in [2.24, 2.45) is 0 Å². The predicted molar refractivity (Wildman–Crippen MR) is 131 cm³/mol. The lowest BCUT2D eigenvalue weighted by Crippen LogP contribution is -2.48. The predicted octanol–water partition coefficient (Wildman–Crippen LogP) is 4.70. The molecule has 0 spiro atoms. The van der Waals surface area contributed by atoms with Crippen LogP contribution in [0.3, 0.4) is 0 Å². The smallest absolute Gasteiger partial charge is 0.472 e. The van der Waals surface area contributed by atoms with Crippen molar-refractivity contribution in [2.45, 2.75) is 31.6 Å². The van der Waals surface area contributed by atoms with E-state index < -0.39 is 32.0 Å². The van der Waals surface area contributed by atoms with Crippen molar-refractivity contribution >= 4 is 19.9 Å². The van der Waals surface area contributed by atoms with Gasteiger partial charge in [0.1, 0.15) is 6.61 Å². The van der Waals surface area contributed by atoms with Gasteiger partial charge in [0, 0.05) is 5.92 Å². The lowest BCUT2D eigenvalue weighted by molar-refractivity contribution is -0.141. The Hall–Kier alpha value is -3.49. The second-order valence-electron chi connectivity index (χ2n) is 8.32. The molecule has 188 valence electrons. The molecule has 0 aromatic heterocycles. The van der Waals surface area contributed by atoms with Crippen molar-refractivity contribution in [1.29, 1.82) is 0 Å². The first kappa shape index (κ1) is 25.6. The molecule has 3 atom stereocenters. The van der Waals surface area contributed by atoms with Gasteiger partial charge in [-0.2, -0.15) is 0 Å². The third kappa shape index (κ3) is 6.01. The van der Waals surface area contributed by atoms with Crippen LogP contribution in [0.1, 0.15) is 29.5 Å². The molecule has 0 aliphatic heterocycles. The van der Waals surface area contributed by atoms with Gasteiger partial charge >= 0.3 is 19.9 Å². The molecule has 0 fully saturated rings. The summed E-state index contributed by atoms with van der Waals surface area (Å²) in [7, 11) is -4.61. The van der Waals surface area contributed by atoms with Crippen molar-refractivity contribution in [2.75, 3.05) is 6.61 Å². The number of hydrogen-bond donors (Lipinski definition) is 3. The first-order valence-electron chi connectivity index (χ1n) is 11.3. The van der Waals surface area contributed by atoms with Crippen LogP contribution in [0.2, 0.25) is 0 Å². The molecule has 4 rings (SSSR count). The van der Waals surface area contributed by atoms with Gasteiger partial charge in [-0.1, -0.05) is 78.9 Å². The lowest BCUT2D eigenvalue weighted by Gasteiger charge is -2.24. The summed E-state index contributed by atoms with van der Waals surface area (Å²) in [4.78, 5) is 34.3. The quantitative estimate of drug-likeness (QED) is 0.334. The number of phosphoric acid groups is 1. The van der Waals surface area contributed by atoms with Crippen molar-refractivity contribution < 1.29 is 37.9 Å². The molecule has 0 heterocycles. The summed E-state index contributed by atoms with van der Waals surface area (Å²) in [5.74, 6) is -1.66. The van der Waals surface area contributed by atoms with Crippen molar-refractivity contribution in [1.82, 2.24) is 5.32 Å². The molecule has 3 aromatic carbocycles. The van der Waals surface area contributed by atoms with Gasteiger partial charge in [0.05, 0.1) is 12.7 Å². The van der Waals surface area contributed by atoms with Crippen molar-refractivity contribution in [3.05, 3.63) is 95.6 Å². The number of benzene rings is 3. The number of amides is 1. The van der Waals surface area contributed by atoms with E-state index in [-0.39, 0.29) is 19.1 Å². The molecule has 1 aliphatic rings. The highest BCUT2D eigenvalue weighted by molar-refractivity contribution is 7.47. The zero-order valence-electron chi connectivity index (χ0n) is 19.4. The first-order chi connectivity index (χ1) is 17.2. The van der Waals surface area contributed by atoms with Crippen LogP contribution in [0.15, 0.2) is 78.9 Å². The van der Waals surface area contributed by atoms with Crippen LogP contribution in [-0.4, -0.2) is 40.8 Å². The number of fused-ring (bicyclic) bond motifs is 3. The number of carbonyl (C=O) groups excluding carboxylic acids is 1. The first-order valence-corrected chi connectivity index (χ1v) is 12.8. The Kier molecular flexibility index (Phi) is 7.86. The third-order valence-electron chi connectivity index (χ3n) is 5.89. The molecule has 9 nitrogen and oxygen atoms in total. The summed E-state index contributed by atoms with van der Waals surface area (Å²) < 4.78 is 27.6. The molecular weight excluding hydrogens is 485 g/mol. The number of ether oxygens (including phenoxy) is 1. The number of alkyl carbamates (subject to hydrolysis) is 1. The average molecular weight is 511 g/mol. The van der Waals surface area contributed by atoms with Crippen LogP contribution < -0.4 is 5.32 Å². The van der Waals surface area contributed by atoms with E-state index >= 15 is 0 Å². The fraction of sp³-hybridized carbons (Fsp3) is 0.231. The Balaban J connectivity index is 1.35. The van der Waals surface area contributed by atoms with Crippen molar-refractivity contribution in [3.8, 4) is 11.1 Å². The fourth-order valence-electron chi connectivity index (χ4n) is 4.18. The second-order valence-corrected chi connectivity index (χ2v) is 9.73. The summed E-state index contributed by atoms with van der Waals surface area (Å²) in [5.41, 5.74) is 4.77. The van der Waals surface area contributed by atoms with E-state index in [0.717, 1.165) is 22.3 Å². The topological polar surface area (TPSA) is 131 Å². The van der Waals surface area contributed by atoms with Gasteiger partial charge in [-0.25, -0.2) is 14.2 Å². The second kappa shape index (κ2) is 11.1. The molecule has 1 aliphatic carbocycles. The number of hydrogen-bond acceptors (Lipinski definition) is 6. The lowest BCUT2D eigenvalue weighted by atomic mass is 9.98. The number of phosphoric ester groups is 1. The van der Waals surface area contributed by atoms with Crippen molar-refractivity contribution in [3.63, 3.8) is 0 Å². The molecule has 0 saturated carbocycles. The van der Waals surface area contributed by atoms with Gasteiger partial charge in [-0.05, 0) is 34.7 Å². The Morgan fingerprint density at radius 1 is 0.944 bits per heavy atom. The van der Waals surface area contributed by atoms with E-state index in [1.807, 2.05) is 48.5 Å². The van der Waals surface area contributed by atoms with E-state index in [4.69, 9.17) is 13.8 Å². The molecule has 10 heteroatoms. The number of aliphatic carboxylic acids is 1. The van der Waals surface area contributed by atoms with Crippen LogP contribution in [0, 0.1) is 0 Å². The van der Waals surface area contributed by atoms with E-state index in [9.17, 15) is 24.2 Å². The van der Waals surface area contributed by atoms with Crippen LogP contribution in [0.4, 0.5) is 4.79 Å². The molecule has 0 saturated heterocycles. The van der Waals surface area contributed by atoms with Crippen LogP contribution in [0.5, 0.6) is 0 Å². The highest BCUT2D eigenvalue weighted by atomic mass is 31.2. The minimum absolute atomic E-state index is 0.0138. The number of nitrogens with one attached hydrogen (secondary N) is 1. The Labute approximate surface area is 208 Å². The number of carboxylic acids is 1. The Morgan fingerprint density at radius 2 is 1.50 bits per heavy atom. The molecular formula is C26H26NO8P. The SMILES string of the molecule is C[C@H](OP(=O)(O)OCc1ccccc1)[C@H](NC(=O)OCC1c2ccccc2-c2ccccc21)C(=O)O. The third-order valence-corrected chi connectivity index (χ3v) is 6.94. The van der Waals surface area contributed by atoms with Gasteiger partial charge in [-0.3, -0.25) is 9.05 Å². The summed E-state index contributed by atoms with van der Waals surface area (Å²) in [6.07, 6.45) is -2.38. The van der Waals surface area contributed by atoms with E-state index in [2.05, 4.69) is 5.32 Å². The highest BCUT2D eigenvalue weighted by Crippen LogP contribution is 2.46. The number of carboxylic acid groups (broad SMARTS) is 1. The molecule has 1 unspecified atom stereocenters. The average Bonchev–Trinajstić information content (AvgIpc) is 3.18. The standard InChI is InChI=1S/C26H26NO8P/c1-17(35-36(31,32)34-15-18-9-3-2-4-10-18)24(25(28)29)27-26(30)33-16-23-21-13-7-5-11-19(21)20-12-6-8-14-22(20)23/h2-14,17,23-24H,15-16H2,1H3,(H,27,30)(H,28,29)(H,31,32)/t17-,24-/m0/s1. The highest BCUT2D eigenvalue weighted by Gasteiger charge is 2.35. The molecule has 36 heavy (non-hydrogen) atoms. The van der Waals surface area contributed by atoms with Gasteiger partial charge in [0.15, 0.2) is 6.04 Å². The normalized spacial score (nSPS) is 15.7. The minimum atomic E-state index is -4.61. The molecule has 1 amide bonds. The molecule has 3 N–H and O–H groups in total.